The van der Waals surface area contributed by atoms with Gasteiger partial charge in [0.2, 0.25) is 0 Å². The SMILES string of the molecule is CCOC(=O)c1cnc(SC)nc1C(C#N)c1nc(-c2ccc(Br)cc2)cs1. The zero-order valence-electron chi connectivity index (χ0n) is 15.0. The van der Waals surface area contributed by atoms with Crippen LogP contribution in [0.1, 0.15) is 33.9 Å². The summed E-state index contributed by atoms with van der Waals surface area (Å²) in [5.74, 6) is -1.34. The van der Waals surface area contributed by atoms with Crippen LogP contribution in [0, 0.1) is 11.3 Å². The van der Waals surface area contributed by atoms with Crippen molar-refractivity contribution >= 4 is 45.0 Å². The standard InChI is InChI=1S/C19H15BrN4O2S2/c1-3-26-18(25)14-9-22-19(27-2)24-16(14)13(8-21)17-23-15(10-28-17)11-4-6-12(20)7-5-11/h4-7,9-10,13H,3H2,1-2H3. The highest BCUT2D eigenvalue weighted by atomic mass is 79.9. The Hall–Kier alpha value is -2.28. The molecular weight excluding hydrogens is 460 g/mol. The highest BCUT2D eigenvalue weighted by molar-refractivity contribution is 9.10. The summed E-state index contributed by atoms with van der Waals surface area (Å²) < 4.78 is 6.08. The number of thioether (sulfide) groups is 1. The fourth-order valence-electron chi connectivity index (χ4n) is 2.47. The van der Waals surface area contributed by atoms with Crippen molar-refractivity contribution in [3.8, 4) is 17.3 Å². The molecular formula is C19H15BrN4O2S2. The van der Waals surface area contributed by atoms with Gasteiger partial charge in [-0.1, -0.05) is 39.8 Å². The van der Waals surface area contributed by atoms with Crippen LogP contribution in [-0.4, -0.2) is 33.8 Å². The van der Waals surface area contributed by atoms with Crippen LogP contribution >= 0.6 is 39.0 Å². The normalized spacial score (nSPS) is 11.6. The maximum atomic E-state index is 12.3. The van der Waals surface area contributed by atoms with Gasteiger partial charge in [-0.05, 0) is 25.3 Å². The molecule has 3 aromatic rings. The Morgan fingerprint density at radius 3 is 2.75 bits per heavy atom. The van der Waals surface area contributed by atoms with Crippen molar-refractivity contribution < 1.29 is 9.53 Å². The van der Waals surface area contributed by atoms with E-state index in [0.29, 0.717) is 15.9 Å². The lowest BCUT2D eigenvalue weighted by Gasteiger charge is -2.11. The predicted molar refractivity (Wildman–Crippen MR) is 112 cm³/mol. The highest BCUT2D eigenvalue weighted by Crippen LogP contribution is 2.32. The molecule has 6 nitrogen and oxygen atoms in total. The van der Waals surface area contributed by atoms with Crippen LogP contribution in [0.25, 0.3) is 11.3 Å². The number of thiazole rings is 1. The number of benzene rings is 1. The van der Waals surface area contributed by atoms with Crippen molar-refractivity contribution in [1.82, 2.24) is 15.0 Å². The number of esters is 1. The van der Waals surface area contributed by atoms with E-state index in [0.717, 1.165) is 15.7 Å². The number of carbonyl (C=O) groups is 1. The minimum absolute atomic E-state index is 0.187. The fraction of sp³-hybridized carbons (Fsp3) is 0.211. The second-order valence-corrected chi connectivity index (χ2v) is 8.09. The average Bonchev–Trinajstić information content (AvgIpc) is 3.19. The van der Waals surface area contributed by atoms with Gasteiger partial charge < -0.3 is 4.74 Å². The Morgan fingerprint density at radius 2 is 2.11 bits per heavy atom. The van der Waals surface area contributed by atoms with E-state index >= 15 is 0 Å². The first-order chi connectivity index (χ1) is 13.6. The molecule has 3 rings (SSSR count). The molecule has 0 saturated heterocycles. The molecule has 0 fully saturated rings. The third-order valence-electron chi connectivity index (χ3n) is 3.79. The Bertz CT molecular complexity index is 1030. The van der Waals surface area contributed by atoms with Gasteiger partial charge in [0, 0.05) is 21.6 Å². The number of rotatable bonds is 6. The van der Waals surface area contributed by atoms with E-state index in [9.17, 15) is 10.1 Å². The zero-order chi connectivity index (χ0) is 20.1. The molecule has 2 heterocycles. The Morgan fingerprint density at radius 1 is 1.36 bits per heavy atom. The summed E-state index contributed by atoms with van der Waals surface area (Å²) in [6, 6.07) is 10.00. The molecule has 0 amide bonds. The molecule has 2 aromatic heterocycles. The number of hydrogen-bond acceptors (Lipinski definition) is 8. The van der Waals surface area contributed by atoms with Crippen LogP contribution in [0.2, 0.25) is 0 Å². The molecule has 0 aliphatic rings. The van der Waals surface area contributed by atoms with E-state index in [4.69, 9.17) is 4.74 Å². The van der Waals surface area contributed by atoms with Crippen LogP contribution in [0.4, 0.5) is 0 Å². The molecule has 0 radical (unpaired) electrons. The maximum Gasteiger partial charge on any atom is 0.341 e. The van der Waals surface area contributed by atoms with Gasteiger partial charge in [0.25, 0.3) is 0 Å². The third-order valence-corrected chi connectivity index (χ3v) is 5.79. The summed E-state index contributed by atoms with van der Waals surface area (Å²) in [5.41, 5.74) is 2.22. The number of nitriles is 1. The van der Waals surface area contributed by atoms with E-state index in [2.05, 4.69) is 37.0 Å². The molecule has 0 aliphatic carbocycles. The average molecular weight is 475 g/mol. The largest absolute Gasteiger partial charge is 0.462 e. The minimum Gasteiger partial charge on any atom is -0.462 e. The molecule has 1 atom stereocenters. The summed E-state index contributed by atoms with van der Waals surface area (Å²) in [6.45, 7) is 1.95. The molecule has 0 saturated carbocycles. The number of aromatic nitrogens is 3. The monoisotopic (exact) mass is 474 g/mol. The van der Waals surface area contributed by atoms with E-state index in [1.165, 1.54) is 29.3 Å². The van der Waals surface area contributed by atoms with Gasteiger partial charge in [-0.2, -0.15) is 5.26 Å². The summed E-state index contributed by atoms with van der Waals surface area (Å²) in [4.78, 5) is 25.5. The van der Waals surface area contributed by atoms with E-state index in [1.807, 2.05) is 35.9 Å². The van der Waals surface area contributed by atoms with Crippen molar-refractivity contribution in [3.63, 3.8) is 0 Å². The smallest absolute Gasteiger partial charge is 0.341 e. The molecule has 1 aromatic carbocycles. The molecule has 9 heteroatoms. The fourth-order valence-corrected chi connectivity index (χ4v) is 3.95. The lowest BCUT2D eigenvalue weighted by atomic mass is 10.0. The predicted octanol–water partition coefficient (Wildman–Crippen LogP) is 4.92. The van der Waals surface area contributed by atoms with E-state index in [1.54, 1.807) is 6.92 Å². The van der Waals surface area contributed by atoms with Gasteiger partial charge in [-0.25, -0.2) is 19.7 Å². The quantitative estimate of drug-likeness (QED) is 0.284. The van der Waals surface area contributed by atoms with Crippen LogP contribution in [-0.2, 0) is 4.74 Å². The lowest BCUT2D eigenvalue weighted by Crippen LogP contribution is -2.14. The van der Waals surface area contributed by atoms with Crippen molar-refractivity contribution in [2.45, 2.75) is 18.0 Å². The van der Waals surface area contributed by atoms with Crippen LogP contribution in [0.15, 0.2) is 45.5 Å². The van der Waals surface area contributed by atoms with Gasteiger partial charge in [-0.3, -0.25) is 0 Å². The summed E-state index contributed by atoms with van der Waals surface area (Å²) in [7, 11) is 0. The van der Waals surface area contributed by atoms with E-state index < -0.39 is 11.9 Å². The van der Waals surface area contributed by atoms with Crippen LogP contribution in [0.5, 0.6) is 0 Å². The highest BCUT2D eigenvalue weighted by Gasteiger charge is 2.27. The Balaban J connectivity index is 2.03. The first-order valence-corrected chi connectivity index (χ1v) is 11.2. The van der Waals surface area contributed by atoms with Gasteiger partial charge in [0.15, 0.2) is 5.16 Å². The van der Waals surface area contributed by atoms with Gasteiger partial charge in [-0.15, -0.1) is 11.3 Å². The van der Waals surface area contributed by atoms with E-state index in [-0.39, 0.29) is 12.2 Å². The molecule has 0 bridgehead atoms. The molecule has 28 heavy (non-hydrogen) atoms. The number of ether oxygens (including phenoxy) is 1. The number of nitrogens with zero attached hydrogens (tertiary/aromatic N) is 4. The second-order valence-electron chi connectivity index (χ2n) is 5.52. The Labute approximate surface area is 179 Å². The topological polar surface area (TPSA) is 88.8 Å². The van der Waals surface area contributed by atoms with Gasteiger partial charge in [0.05, 0.1) is 24.1 Å². The zero-order valence-corrected chi connectivity index (χ0v) is 18.3. The molecule has 0 N–H and O–H groups in total. The number of carbonyl (C=O) groups excluding carboxylic acids is 1. The molecule has 142 valence electrons. The summed E-state index contributed by atoms with van der Waals surface area (Å²) in [5, 5.41) is 12.8. The number of halogens is 1. The first kappa shape index (κ1) is 20.5. The Kier molecular flexibility index (Phi) is 6.78. The second kappa shape index (κ2) is 9.28. The van der Waals surface area contributed by atoms with Gasteiger partial charge >= 0.3 is 5.97 Å². The number of hydrogen-bond donors (Lipinski definition) is 0. The van der Waals surface area contributed by atoms with Crippen molar-refractivity contribution in [2.24, 2.45) is 0 Å². The summed E-state index contributed by atoms with van der Waals surface area (Å²) in [6.07, 6.45) is 3.25. The van der Waals surface area contributed by atoms with Gasteiger partial charge in [0.1, 0.15) is 16.5 Å². The summed E-state index contributed by atoms with van der Waals surface area (Å²) >= 11 is 6.11. The lowest BCUT2D eigenvalue weighted by molar-refractivity contribution is 0.0523. The third kappa shape index (κ3) is 4.41. The first-order valence-electron chi connectivity index (χ1n) is 8.26. The van der Waals surface area contributed by atoms with Crippen molar-refractivity contribution in [2.75, 3.05) is 12.9 Å². The van der Waals surface area contributed by atoms with Crippen molar-refractivity contribution in [1.29, 1.82) is 5.26 Å². The molecule has 0 spiro atoms. The van der Waals surface area contributed by atoms with Crippen LogP contribution < -0.4 is 0 Å². The molecule has 0 aliphatic heterocycles. The minimum atomic E-state index is -0.789. The molecule has 1 unspecified atom stereocenters. The van der Waals surface area contributed by atoms with Crippen molar-refractivity contribution in [3.05, 3.63) is 56.6 Å². The maximum absolute atomic E-state index is 12.3. The van der Waals surface area contributed by atoms with Crippen LogP contribution in [0.3, 0.4) is 0 Å².